The molecule has 0 amide bonds. The number of hydrogen-bond donors (Lipinski definition) is 0. The van der Waals surface area contributed by atoms with E-state index in [2.05, 4.69) is 9.98 Å². The quantitative estimate of drug-likeness (QED) is 0.0685. The Morgan fingerprint density at radius 2 is 0.804 bits per heavy atom. The van der Waals surface area contributed by atoms with Gasteiger partial charge in [0.1, 0.15) is 11.4 Å². The normalized spacial score (nSPS) is 14.5. The van der Waals surface area contributed by atoms with Crippen molar-refractivity contribution < 1.29 is 69.5 Å². The van der Waals surface area contributed by atoms with Gasteiger partial charge in [-0.05, 0) is 24.0 Å². The van der Waals surface area contributed by atoms with Crippen molar-refractivity contribution >= 4 is 31.1 Å². The van der Waals surface area contributed by atoms with Crippen molar-refractivity contribution in [3.8, 4) is 0 Å². The van der Waals surface area contributed by atoms with Crippen molar-refractivity contribution in [1.29, 1.82) is 0 Å². The van der Waals surface area contributed by atoms with E-state index in [1.165, 1.54) is 60.7 Å². The van der Waals surface area contributed by atoms with Gasteiger partial charge in [0.25, 0.3) is 0 Å². The second-order valence-electron chi connectivity index (χ2n) is 11.5. The minimum Gasteiger partial charge on any atom is -0.287 e. The van der Waals surface area contributed by atoms with Crippen LogP contribution >= 0.6 is 0 Å². The van der Waals surface area contributed by atoms with Crippen molar-refractivity contribution in [3.05, 3.63) is 71.8 Å². The molecule has 2 aromatic rings. The van der Waals surface area contributed by atoms with Gasteiger partial charge in [-0.2, -0.15) is 35.1 Å². The third kappa shape index (κ3) is 12.5. The zero-order valence-electron chi connectivity index (χ0n) is 26.6. The van der Waals surface area contributed by atoms with Crippen LogP contribution in [-0.4, -0.2) is 89.4 Å². The van der Waals surface area contributed by atoms with E-state index in [0.29, 0.717) is 0 Å². The smallest absolute Gasteiger partial charge is 0.287 e. The van der Waals surface area contributed by atoms with Crippen LogP contribution in [0.25, 0.3) is 0 Å². The third-order valence-corrected chi connectivity index (χ3v) is 10.2. The molecular formula is C31H34F12N2O4S2. The first-order valence-corrected chi connectivity index (χ1v) is 18.7. The van der Waals surface area contributed by atoms with Crippen molar-refractivity contribution in [2.75, 3.05) is 24.6 Å². The van der Waals surface area contributed by atoms with Crippen LogP contribution in [0.4, 0.5) is 52.7 Å². The molecule has 2 aromatic carbocycles. The van der Waals surface area contributed by atoms with E-state index in [4.69, 9.17) is 0 Å². The van der Waals surface area contributed by atoms with Crippen LogP contribution in [0.15, 0.2) is 70.6 Å². The van der Waals surface area contributed by atoms with Gasteiger partial charge in [0.05, 0.1) is 23.0 Å². The molecule has 0 aromatic heterocycles. The first kappa shape index (κ1) is 44.0. The topological polar surface area (TPSA) is 93.0 Å². The van der Waals surface area contributed by atoms with E-state index in [9.17, 15) is 69.5 Å². The van der Waals surface area contributed by atoms with Crippen LogP contribution in [-0.2, 0) is 31.2 Å². The fourth-order valence-electron chi connectivity index (χ4n) is 4.49. The van der Waals surface area contributed by atoms with Crippen molar-refractivity contribution in [2.45, 2.75) is 80.2 Å². The second kappa shape index (κ2) is 18.1. The zero-order chi connectivity index (χ0) is 38.7. The molecular weight excluding hydrogens is 756 g/mol. The Morgan fingerprint density at radius 3 is 1.10 bits per heavy atom. The number of unbranched alkanes of at least 4 members (excludes halogenated alkanes) is 4. The van der Waals surface area contributed by atoms with E-state index in [0.717, 1.165) is 0 Å². The highest BCUT2D eigenvalue weighted by Gasteiger charge is 2.67. The number of aliphatic imine (C=N–C) groups is 2. The van der Waals surface area contributed by atoms with Crippen LogP contribution in [0.5, 0.6) is 0 Å². The van der Waals surface area contributed by atoms with Crippen LogP contribution in [0.3, 0.4) is 0 Å². The van der Waals surface area contributed by atoms with Crippen LogP contribution in [0.1, 0.15) is 43.2 Å². The van der Waals surface area contributed by atoms with Crippen molar-refractivity contribution in [3.63, 3.8) is 0 Å². The minimum absolute atomic E-state index is 0.0476. The fraction of sp³-hybridized carbons (Fsp3) is 0.548. The lowest BCUT2D eigenvalue weighted by molar-refractivity contribution is -0.232. The average Bonchev–Trinajstić information content (AvgIpc) is 3.02. The van der Waals surface area contributed by atoms with Gasteiger partial charge in [-0.25, -0.2) is 34.4 Å². The second-order valence-corrected chi connectivity index (χ2v) is 15.6. The summed E-state index contributed by atoms with van der Waals surface area (Å²) in [7, 11) is -9.20. The molecule has 288 valence electrons. The lowest BCUT2D eigenvalue weighted by Gasteiger charge is -2.27. The first-order chi connectivity index (χ1) is 23.5. The molecule has 6 nitrogen and oxygen atoms in total. The summed E-state index contributed by atoms with van der Waals surface area (Å²) >= 11 is 0. The Bertz CT molecular complexity index is 1550. The van der Waals surface area contributed by atoms with Crippen molar-refractivity contribution in [2.24, 2.45) is 9.98 Å². The number of halogens is 12. The monoisotopic (exact) mass is 790 g/mol. The van der Waals surface area contributed by atoms with Gasteiger partial charge in [-0.15, -0.1) is 0 Å². The van der Waals surface area contributed by atoms with Gasteiger partial charge in [-0.3, -0.25) is 9.98 Å². The van der Waals surface area contributed by atoms with E-state index in [1.54, 1.807) is 0 Å². The van der Waals surface area contributed by atoms with E-state index in [1.807, 2.05) is 0 Å². The maximum absolute atomic E-state index is 14.6. The summed E-state index contributed by atoms with van der Waals surface area (Å²) in [6.07, 6.45) is -9.86. The highest BCUT2D eigenvalue weighted by atomic mass is 32.2. The van der Waals surface area contributed by atoms with Gasteiger partial charge in [0.15, 0.2) is 19.7 Å². The molecule has 0 radical (unpaired) electrons. The van der Waals surface area contributed by atoms with Crippen LogP contribution in [0.2, 0.25) is 0 Å². The molecule has 0 aliphatic rings. The molecule has 0 saturated carbocycles. The van der Waals surface area contributed by atoms with E-state index in [-0.39, 0.29) is 43.2 Å². The molecule has 20 heteroatoms. The Kier molecular flexibility index (Phi) is 15.6. The van der Waals surface area contributed by atoms with Gasteiger partial charge >= 0.3 is 36.5 Å². The summed E-state index contributed by atoms with van der Waals surface area (Å²) < 4.78 is 215. The molecule has 0 N–H and O–H groups in total. The SMILES string of the molecule is O=S(=O)(CC(=NCCCCCCCN=C(CS(=O)(=O)Cc1ccccc1)C(F)(F)C(F)(F)C(F)F)C(F)(F)C(F)(F)C(F)F)Cc1ccccc1. The number of alkyl halides is 12. The predicted molar refractivity (Wildman–Crippen MR) is 167 cm³/mol. The van der Waals surface area contributed by atoms with E-state index >= 15 is 0 Å². The lowest BCUT2D eigenvalue weighted by Crippen LogP contribution is -2.53. The van der Waals surface area contributed by atoms with Gasteiger partial charge in [-0.1, -0.05) is 79.9 Å². The summed E-state index contributed by atoms with van der Waals surface area (Å²) in [6.45, 7) is -1.41. The molecule has 0 atom stereocenters. The maximum atomic E-state index is 14.6. The van der Waals surface area contributed by atoms with Gasteiger partial charge in [0.2, 0.25) is 0 Å². The van der Waals surface area contributed by atoms with Crippen LogP contribution < -0.4 is 0 Å². The highest BCUT2D eigenvalue weighted by molar-refractivity contribution is 7.91. The number of hydrogen-bond acceptors (Lipinski definition) is 6. The summed E-state index contributed by atoms with van der Waals surface area (Å²) in [4.78, 5) is 6.47. The number of sulfone groups is 2. The Hall–Kier alpha value is -3.16. The predicted octanol–water partition coefficient (Wildman–Crippen LogP) is 8.12. The third-order valence-electron chi connectivity index (χ3n) is 7.20. The summed E-state index contributed by atoms with van der Waals surface area (Å²) in [6, 6.07) is 14.0. The molecule has 0 bridgehead atoms. The summed E-state index contributed by atoms with van der Waals surface area (Å²) in [5.74, 6) is -28.5. The molecule has 0 unspecified atom stereocenters. The molecule has 0 heterocycles. The Morgan fingerprint density at radius 1 is 0.510 bits per heavy atom. The lowest BCUT2D eigenvalue weighted by atomic mass is 10.1. The van der Waals surface area contributed by atoms with Crippen molar-refractivity contribution in [1.82, 2.24) is 0 Å². The molecule has 0 saturated heterocycles. The molecule has 51 heavy (non-hydrogen) atoms. The molecule has 0 aliphatic carbocycles. The fourth-order valence-corrected chi connectivity index (χ4v) is 7.47. The molecule has 2 rings (SSSR count). The average molecular weight is 791 g/mol. The van der Waals surface area contributed by atoms with Crippen LogP contribution in [0, 0.1) is 0 Å². The van der Waals surface area contributed by atoms with E-state index < -0.39 is 104 Å². The van der Waals surface area contributed by atoms with Gasteiger partial charge < -0.3 is 0 Å². The summed E-state index contributed by atoms with van der Waals surface area (Å²) in [5, 5.41) is 0. The Balaban J connectivity index is 2.09. The Labute approximate surface area is 286 Å². The highest BCUT2D eigenvalue weighted by Crippen LogP contribution is 2.42. The van der Waals surface area contributed by atoms with Gasteiger partial charge in [0, 0.05) is 13.1 Å². The molecule has 0 fully saturated rings. The standard InChI is InChI=1S/C31H34F12N2O4S2/c32-26(33)30(40,41)28(36,37)24(20-50(46,47)18-22-12-6-4-7-13-22)44-16-10-2-1-3-11-17-45-25(29(38,39)31(42,43)27(34)35)21-51(48,49)19-23-14-8-5-9-15-23/h4-9,12-15,26-27H,1-3,10-11,16-21H2. The largest absolute Gasteiger partial charge is 0.374 e. The minimum atomic E-state index is -5.95. The maximum Gasteiger partial charge on any atom is 0.374 e. The molecule has 0 spiro atoms. The first-order valence-electron chi connectivity index (χ1n) is 15.1. The number of rotatable bonds is 22. The molecule has 0 aliphatic heterocycles. The number of nitrogens with zero attached hydrogens (tertiary/aromatic N) is 2. The number of benzene rings is 2. The summed E-state index contributed by atoms with van der Waals surface area (Å²) in [5.41, 5.74) is -3.74. The zero-order valence-corrected chi connectivity index (χ0v) is 28.2.